The van der Waals surface area contributed by atoms with E-state index in [4.69, 9.17) is 19.9 Å². The molecular formula is C12H13N3O3. The normalized spacial score (nSPS) is 9.89. The number of nitrogens with two attached hydrogens (primary N) is 1. The molecule has 94 valence electrons. The van der Waals surface area contributed by atoms with Gasteiger partial charge in [0.05, 0.1) is 26.6 Å². The molecule has 0 radical (unpaired) electrons. The van der Waals surface area contributed by atoms with Crippen LogP contribution < -0.4 is 19.9 Å². The molecule has 2 rings (SSSR count). The van der Waals surface area contributed by atoms with Crippen LogP contribution in [0.3, 0.4) is 0 Å². The predicted octanol–water partition coefficient (Wildman–Crippen LogP) is 1.87. The van der Waals surface area contributed by atoms with Gasteiger partial charge in [-0.05, 0) is 12.1 Å². The smallest absolute Gasteiger partial charge is 0.238 e. The van der Waals surface area contributed by atoms with E-state index in [-0.39, 0.29) is 0 Å². The van der Waals surface area contributed by atoms with Gasteiger partial charge in [-0.25, -0.2) is 9.97 Å². The number of nitrogen functional groups attached to an aromatic ring is 1. The number of para-hydroxylation sites is 1. The summed E-state index contributed by atoms with van der Waals surface area (Å²) in [6.07, 6.45) is 2.85. The molecule has 2 N–H and O–H groups in total. The molecule has 1 aromatic heterocycles. The third kappa shape index (κ3) is 2.42. The molecule has 0 bridgehead atoms. The molecule has 0 amide bonds. The van der Waals surface area contributed by atoms with Crippen molar-refractivity contribution in [2.45, 2.75) is 0 Å². The summed E-state index contributed by atoms with van der Waals surface area (Å²) in [6.45, 7) is 0. The Kier molecular flexibility index (Phi) is 3.47. The Balaban J connectivity index is 2.35. The molecule has 0 saturated carbocycles. The van der Waals surface area contributed by atoms with Crippen LogP contribution in [-0.2, 0) is 0 Å². The first-order valence-electron chi connectivity index (χ1n) is 5.21. The van der Waals surface area contributed by atoms with Crippen molar-refractivity contribution in [3.63, 3.8) is 0 Å². The van der Waals surface area contributed by atoms with Crippen molar-refractivity contribution in [3.8, 4) is 23.1 Å². The molecule has 0 saturated heterocycles. The minimum Gasteiger partial charge on any atom is -0.493 e. The first kappa shape index (κ1) is 12.0. The van der Waals surface area contributed by atoms with Gasteiger partial charge in [-0.1, -0.05) is 6.07 Å². The maximum Gasteiger partial charge on any atom is 0.238 e. The summed E-state index contributed by atoms with van der Waals surface area (Å²) in [7, 11) is 3.10. The van der Waals surface area contributed by atoms with Gasteiger partial charge in [0.2, 0.25) is 11.6 Å². The maximum absolute atomic E-state index is 5.60. The summed E-state index contributed by atoms with van der Waals surface area (Å²) < 4.78 is 16.0. The first-order valence-corrected chi connectivity index (χ1v) is 5.21. The molecule has 0 unspecified atom stereocenters. The first-order chi connectivity index (χ1) is 8.74. The Labute approximate surface area is 104 Å². The van der Waals surface area contributed by atoms with E-state index < -0.39 is 0 Å². The third-order valence-electron chi connectivity index (χ3n) is 2.24. The number of benzene rings is 1. The number of rotatable bonds is 4. The van der Waals surface area contributed by atoms with Crippen LogP contribution in [0.25, 0.3) is 0 Å². The van der Waals surface area contributed by atoms with E-state index in [0.29, 0.717) is 28.9 Å². The van der Waals surface area contributed by atoms with Crippen molar-refractivity contribution < 1.29 is 14.2 Å². The third-order valence-corrected chi connectivity index (χ3v) is 2.24. The second-order valence-electron chi connectivity index (χ2n) is 3.37. The van der Waals surface area contributed by atoms with E-state index in [1.165, 1.54) is 12.4 Å². The fraction of sp³-hybridized carbons (Fsp3) is 0.167. The summed E-state index contributed by atoms with van der Waals surface area (Å²) in [5.41, 5.74) is 5.45. The quantitative estimate of drug-likeness (QED) is 0.888. The molecule has 6 heteroatoms. The summed E-state index contributed by atoms with van der Waals surface area (Å²) in [4.78, 5) is 7.90. The fourth-order valence-corrected chi connectivity index (χ4v) is 1.40. The average molecular weight is 247 g/mol. The van der Waals surface area contributed by atoms with E-state index in [9.17, 15) is 0 Å². The van der Waals surface area contributed by atoms with Gasteiger partial charge in [0, 0.05) is 0 Å². The van der Waals surface area contributed by atoms with Gasteiger partial charge in [0.1, 0.15) is 5.82 Å². The lowest BCUT2D eigenvalue weighted by molar-refractivity contribution is 0.341. The summed E-state index contributed by atoms with van der Waals surface area (Å²) in [5, 5.41) is 0. The fourth-order valence-electron chi connectivity index (χ4n) is 1.40. The average Bonchev–Trinajstić information content (AvgIpc) is 2.41. The lowest BCUT2D eigenvalue weighted by Crippen LogP contribution is -1.97. The maximum atomic E-state index is 5.60. The van der Waals surface area contributed by atoms with Crippen LogP contribution in [0, 0.1) is 0 Å². The minimum atomic E-state index is 0.312. The van der Waals surface area contributed by atoms with Crippen LogP contribution in [0.1, 0.15) is 0 Å². The van der Waals surface area contributed by atoms with Crippen LogP contribution in [0.5, 0.6) is 23.1 Å². The van der Waals surface area contributed by atoms with E-state index in [2.05, 4.69) is 9.97 Å². The van der Waals surface area contributed by atoms with Crippen molar-refractivity contribution in [2.24, 2.45) is 0 Å². The van der Waals surface area contributed by atoms with Gasteiger partial charge in [0.15, 0.2) is 11.5 Å². The number of ether oxygens (including phenoxy) is 3. The molecular weight excluding hydrogens is 234 g/mol. The molecule has 0 aliphatic carbocycles. The van der Waals surface area contributed by atoms with Gasteiger partial charge >= 0.3 is 0 Å². The SMILES string of the molecule is COc1cccc(OC)c1Oc1cnc(N)cn1. The van der Waals surface area contributed by atoms with Crippen LogP contribution in [0.4, 0.5) is 5.82 Å². The highest BCUT2D eigenvalue weighted by atomic mass is 16.5. The van der Waals surface area contributed by atoms with Gasteiger partial charge in [-0.15, -0.1) is 0 Å². The Morgan fingerprint density at radius 1 is 1.00 bits per heavy atom. The lowest BCUT2D eigenvalue weighted by atomic mass is 10.3. The number of aromatic nitrogens is 2. The molecule has 2 aromatic rings. The standard InChI is InChI=1S/C12H13N3O3/c1-16-8-4-3-5-9(17-2)12(8)18-11-7-14-10(13)6-15-11/h3-7H,1-2H3,(H2,13,14). The van der Waals surface area contributed by atoms with Gasteiger partial charge in [-0.3, -0.25) is 0 Å². The Hall–Kier alpha value is -2.50. The predicted molar refractivity (Wildman–Crippen MR) is 66.1 cm³/mol. The molecule has 0 aliphatic rings. The van der Waals surface area contributed by atoms with Crippen molar-refractivity contribution >= 4 is 5.82 Å². The number of methoxy groups -OCH3 is 2. The monoisotopic (exact) mass is 247 g/mol. The second-order valence-corrected chi connectivity index (χ2v) is 3.37. The summed E-state index contributed by atoms with van der Waals surface area (Å²) in [5.74, 6) is 2.18. The van der Waals surface area contributed by atoms with E-state index in [1.807, 2.05) is 0 Å². The Bertz CT molecular complexity index is 506. The highest BCUT2D eigenvalue weighted by molar-refractivity contribution is 5.52. The zero-order chi connectivity index (χ0) is 13.0. The largest absolute Gasteiger partial charge is 0.493 e. The molecule has 1 heterocycles. The molecule has 0 aliphatic heterocycles. The van der Waals surface area contributed by atoms with E-state index in [1.54, 1.807) is 32.4 Å². The molecule has 18 heavy (non-hydrogen) atoms. The molecule has 0 atom stereocenters. The number of hydrogen-bond acceptors (Lipinski definition) is 6. The number of nitrogens with zero attached hydrogens (tertiary/aromatic N) is 2. The number of anilines is 1. The topological polar surface area (TPSA) is 79.5 Å². The van der Waals surface area contributed by atoms with Crippen molar-refractivity contribution in [1.82, 2.24) is 9.97 Å². The summed E-state index contributed by atoms with van der Waals surface area (Å²) >= 11 is 0. The molecule has 0 fully saturated rings. The molecule has 6 nitrogen and oxygen atoms in total. The minimum absolute atomic E-state index is 0.312. The van der Waals surface area contributed by atoms with Crippen molar-refractivity contribution in [1.29, 1.82) is 0 Å². The van der Waals surface area contributed by atoms with E-state index in [0.717, 1.165) is 0 Å². The van der Waals surface area contributed by atoms with Crippen LogP contribution in [0.2, 0.25) is 0 Å². The van der Waals surface area contributed by atoms with Crippen LogP contribution in [0.15, 0.2) is 30.6 Å². The zero-order valence-corrected chi connectivity index (χ0v) is 10.1. The highest BCUT2D eigenvalue weighted by Crippen LogP contribution is 2.39. The second kappa shape index (κ2) is 5.22. The van der Waals surface area contributed by atoms with Crippen molar-refractivity contribution in [3.05, 3.63) is 30.6 Å². The van der Waals surface area contributed by atoms with Crippen molar-refractivity contribution in [2.75, 3.05) is 20.0 Å². The van der Waals surface area contributed by atoms with Gasteiger partial charge in [-0.2, -0.15) is 0 Å². The van der Waals surface area contributed by atoms with Gasteiger partial charge < -0.3 is 19.9 Å². The van der Waals surface area contributed by atoms with E-state index >= 15 is 0 Å². The summed E-state index contributed by atoms with van der Waals surface area (Å²) in [6, 6.07) is 5.34. The number of hydrogen-bond donors (Lipinski definition) is 1. The van der Waals surface area contributed by atoms with Crippen LogP contribution >= 0.6 is 0 Å². The van der Waals surface area contributed by atoms with Gasteiger partial charge in [0.25, 0.3) is 0 Å². The molecule has 1 aromatic carbocycles. The lowest BCUT2D eigenvalue weighted by Gasteiger charge is -2.12. The van der Waals surface area contributed by atoms with Crippen LogP contribution in [-0.4, -0.2) is 24.2 Å². The Morgan fingerprint density at radius 2 is 1.67 bits per heavy atom. The molecule has 0 spiro atoms. The highest BCUT2D eigenvalue weighted by Gasteiger charge is 2.12. The zero-order valence-electron chi connectivity index (χ0n) is 10.1. The Morgan fingerprint density at radius 3 is 2.17 bits per heavy atom.